The van der Waals surface area contributed by atoms with E-state index in [9.17, 15) is 29.4 Å². The molecule has 1 unspecified atom stereocenters. The summed E-state index contributed by atoms with van der Waals surface area (Å²) < 4.78 is 8.76. The third-order valence-corrected chi connectivity index (χ3v) is 3.19. The van der Waals surface area contributed by atoms with Gasteiger partial charge in [0.25, 0.3) is 0 Å². The number of ether oxygens (including phenoxy) is 2. The van der Waals surface area contributed by atoms with Crippen LogP contribution < -0.4 is 0 Å². The zero-order valence-electron chi connectivity index (χ0n) is 13.3. The summed E-state index contributed by atoms with van der Waals surface area (Å²) in [5.41, 5.74) is 0.0637. The first-order chi connectivity index (χ1) is 12.4. The fourth-order valence-corrected chi connectivity index (χ4v) is 1.83. The van der Waals surface area contributed by atoms with Crippen molar-refractivity contribution in [2.45, 2.75) is 12.2 Å². The van der Waals surface area contributed by atoms with Crippen LogP contribution in [0.4, 0.5) is 0 Å². The molecular weight excluding hydrogens is 344 g/mol. The standard InChI is InChI=1S/C18H14O8/c19-13(17(23)25-15(21)11-7-3-1-4-8-11)14(20)18(24)26-16(22)12-9-5-2-6-10-12/h1-10,13-14,19-20H/t13-,14?/m0/s1. The van der Waals surface area contributed by atoms with Crippen molar-refractivity contribution in [2.75, 3.05) is 0 Å². The lowest BCUT2D eigenvalue weighted by atomic mass is 10.2. The van der Waals surface area contributed by atoms with E-state index in [1.54, 1.807) is 12.1 Å². The van der Waals surface area contributed by atoms with E-state index in [1.165, 1.54) is 48.5 Å². The largest absolute Gasteiger partial charge is 0.387 e. The lowest BCUT2D eigenvalue weighted by Crippen LogP contribution is -2.43. The molecule has 26 heavy (non-hydrogen) atoms. The number of hydrogen-bond acceptors (Lipinski definition) is 8. The van der Waals surface area contributed by atoms with Gasteiger partial charge in [0.05, 0.1) is 11.1 Å². The lowest BCUT2D eigenvalue weighted by molar-refractivity contribution is -0.166. The van der Waals surface area contributed by atoms with Gasteiger partial charge in [-0.1, -0.05) is 36.4 Å². The number of carbonyl (C=O) groups excluding carboxylic acids is 4. The molecule has 2 aromatic rings. The number of rotatable bonds is 5. The smallest absolute Gasteiger partial charge is 0.346 e. The summed E-state index contributed by atoms with van der Waals surface area (Å²) >= 11 is 0. The van der Waals surface area contributed by atoms with Crippen LogP contribution in [0.2, 0.25) is 0 Å². The van der Waals surface area contributed by atoms with Gasteiger partial charge >= 0.3 is 23.9 Å². The number of benzene rings is 2. The number of esters is 4. The average molecular weight is 358 g/mol. The Labute approximate surface area is 147 Å². The Bertz CT molecular complexity index is 731. The Kier molecular flexibility index (Phi) is 6.31. The fourth-order valence-electron chi connectivity index (χ4n) is 1.83. The maximum Gasteiger partial charge on any atom is 0.346 e. The highest BCUT2D eigenvalue weighted by Gasteiger charge is 2.35. The van der Waals surface area contributed by atoms with Crippen molar-refractivity contribution >= 4 is 23.9 Å². The monoisotopic (exact) mass is 358 g/mol. The molecule has 2 aromatic carbocycles. The van der Waals surface area contributed by atoms with Crippen LogP contribution in [0.15, 0.2) is 60.7 Å². The van der Waals surface area contributed by atoms with Gasteiger partial charge in [0.15, 0.2) is 12.2 Å². The van der Waals surface area contributed by atoms with Gasteiger partial charge in [-0.25, -0.2) is 19.2 Å². The summed E-state index contributed by atoms with van der Waals surface area (Å²) in [4.78, 5) is 46.8. The quantitative estimate of drug-likeness (QED) is 0.583. The molecule has 0 bridgehead atoms. The van der Waals surface area contributed by atoms with Crippen molar-refractivity contribution in [3.8, 4) is 0 Å². The highest BCUT2D eigenvalue weighted by molar-refractivity contribution is 6.01. The van der Waals surface area contributed by atoms with E-state index in [4.69, 9.17) is 0 Å². The van der Waals surface area contributed by atoms with E-state index < -0.39 is 36.1 Å². The molecule has 2 atom stereocenters. The number of hydrogen-bond donors (Lipinski definition) is 2. The van der Waals surface area contributed by atoms with E-state index in [0.29, 0.717) is 0 Å². The summed E-state index contributed by atoms with van der Waals surface area (Å²) in [7, 11) is 0. The Morgan fingerprint density at radius 2 is 0.923 bits per heavy atom. The number of aliphatic hydroxyl groups is 2. The minimum atomic E-state index is -2.40. The molecule has 2 rings (SSSR count). The molecule has 0 fully saturated rings. The molecule has 0 aliphatic rings. The third kappa shape index (κ3) is 4.82. The SMILES string of the molecule is O=C(OC(=O)C(O)[C@H](O)C(=O)OC(=O)c1ccccc1)c1ccccc1. The summed E-state index contributed by atoms with van der Waals surface area (Å²) in [5.74, 6) is -5.27. The van der Waals surface area contributed by atoms with Gasteiger partial charge in [0, 0.05) is 0 Å². The normalized spacial score (nSPS) is 12.5. The van der Waals surface area contributed by atoms with Crippen molar-refractivity contribution in [2.24, 2.45) is 0 Å². The molecule has 8 heteroatoms. The molecule has 0 aromatic heterocycles. The molecular formula is C18H14O8. The van der Waals surface area contributed by atoms with Crippen LogP contribution in [0, 0.1) is 0 Å². The Morgan fingerprint density at radius 1 is 0.615 bits per heavy atom. The van der Waals surface area contributed by atoms with Gasteiger partial charge in [-0.05, 0) is 24.3 Å². The summed E-state index contributed by atoms with van der Waals surface area (Å²) in [6.45, 7) is 0. The highest BCUT2D eigenvalue weighted by atomic mass is 16.6. The molecule has 0 aliphatic heterocycles. The summed E-state index contributed by atoms with van der Waals surface area (Å²) in [5, 5.41) is 19.3. The predicted octanol–water partition coefficient (Wildman–Crippen LogP) is 0.475. The summed E-state index contributed by atoms with van der Waals surface area (Å²) in [6.07, 6.45) is -4.81. The van der Waals surface area contributed by atoms with Crippen molar-refractivity contribution in [1.29, 1.82) is 0 Å². The second kappa shape index (κ2) is 8.65. The van der Waals surface area contributed by atoms with Crippen LogP contribution in [-0.2, 0) is 19.1 Å². The third-order valence-electron chi connectivity index (χ3n) is 3.19. The first-order valence-corrected chi connectivity index (χ1v) is 7.38. The molecule has 0 saturated carbocycles. The topological polar surface area (TPSA) is 127 Å². The summed E-state index contributed by atoms with van der Waals surface area (Å²) in [6, 6.07) is 14.8. The van der Waals surface area contributed by atoms with E-state index >= 15 is 0 Å². The first-order valence-electron chi connectivity index (χ1n) is 7.38. The maximum atomic E-state index is 11.7. The van der Waals surface area contributed by atoms with Gasteiger partial charge in [-0.3, -0.25) is 0 Å². The maximum absolute atomic E-state index is 11.7. The molecule has 0 aliphatic carbocycles. The molecule has 0 spiro atoms. The van der Waals surface area contributed by atoms with E-state index in [-0.39, 0.29) is 11.1 Å². The van der Waals surface area contributed by atoms with Gasteiger partial charge in [-0.15, -0.1) is 0 Å². The fraction of sp³-hybridized carbons (Fsp3) is 0.111. The van der Waals surface area contributed by atoms with Crippen molar-refractivity contribution < 1.29 is 38.9 Å². The molecule has 134 valence electrons. The van der Waals surface area contributed by atoms with Crippen LogP contribution in [0.25, 0.3) is 0 Å². The lowest BCUT2D eigenvalue weighted by Gasteiger charge is -2.14. The zero-order chi connectivity index (χ0) is 19.1. The predicted molar refractivity (Wildman–Crippen MR) is 85.7 cm³/mol. The minimum absolute atomic E-state index is 0.0318. The van der Waals surface area contributed by atoms with Crippen LogP contribution in [-0.4, -0.2) is 46.3 Å². The second-order valence-corrected chi connectivity index (χ2v) is 5.04. The Balaban J connectivity index is 1.94. The molecule has 0 heterocycles. The second-order valence-electron chi connectivity index (χ2n) is 5.04. The van der Waals surface area contributed by atoms with E-state index in [2.05, 4.69) is 9.47 Å². The molecule has 0 saturated heterocycles. The minimum Gasteiger partial charge on any atom is -0.387 e. The van der Waals surface area contributed by atoms with Crippen molar-refractivity contribution in [3.05, 3.63) is 71.8 Å². The van der Waals surface area contributed by atoms with Gasteiger partial charge in [0.2, 0.25) is 0 Å². The molecule has 0 radical (unpaired) electrons. The highest BCUT2D eigenvalue weighted by Crippen LogP contribution is 2.07. The van der Waals surface area contributed by atoms with Crippen LogP contribution in [0.5, 0.6) is 0 Å². The van der Waals surface area contributed by atoms with Gasteiger partial charge in [0.1, 0.15) is 0 Å². The van der Waals surface area contributed by atoms with Gasteiger partial charge in [-0.2, -0.15) is 0 Å². The van der Waals surface area contributed by atoms with Gasteiger partial charge < -0.3 is 19.7 Å². The number of aliphatic hydroxyl groups excluding tert-OH is 2. The molecule has 0 amide bonds. The Hall–Kier alpha value is -3.36. The molecule has 8 nitrogen and oxygen atoms in total. The zero-order valence-corrected chi connectivity index (χ0v) is 13.3. The number of carbonyl (C=O) groups is 4. The molecule has 2 N–H and O–H groups in total. The first kappa shape index (κ1) is 19.0. The van der Waals surface area contributed by atoms with Crippen LogP contribution in [0.1, 0.15) is 20.7 Å². The van der Waals surface area contributed by atoms with E-state index in [1.807, 2.05) is 0 Å². The van der Waals surface area contributed by atoms with Crippen LogP contribution in [0.3, 0.4) is 0 Å². The van der Waals surface area contributed by atoms with Crippen molar-refractivity contribution in [1.82, 2.24) is 0 Å². The van der Waals surface area contributed by atoms with Crippen LogP contribution >= 0.6 is 0 Å². The average Bonchev–Trinajstić information content (AvgIpc) is 2.67. The Morgan fingerprint density at radius 3 is 1.23 bits per heavy atom. The van der Waals surface area contributed by atoms with E-state index in [0.717, 1.165) is 0 Å². The van der Waals surface area contributed by atoms with Crippen molar-refractivity contribution in [3.63, 3.8) is 0 Å².